The lowest BCUT2D eigenvalue weighted by Gasteiger charge is -2.09. The van der Waals surface area contributed by atoms with E-state index in [1.807, 2.05) is 76.2 Å². The number of benzene rings is 2. The van der Waals surface area contributed by atoms with Crippen LogP contribution in [0.15, 0.2) is 48.5 Å². The zero-order chi connectivity index (χ0) is 23.5. The number of nitrogens with zero attached hydrogens (tertiary/aromatic N) is 2. The van der Waals surface area contributed by atoms with Crippen LogP contribution in [0.3, 0.4) is 0 Å². The van der Waals surface area contributed by atoms with Gasteiger partial charge >= 0.3 is 0 Å². The Balaban J connectivity index is 0.000000186. The molecule has 0 fully saturated rings. The zero-order valence-corrected chi connectivity index (χ0v) is 19.8. The number of aromatic nitrogens is 2. The minimum atomic E-state index is -3.43. The fourth-order valence-corrected chi connectivity index (χ4v) is 3.97. The van der Waals surface area contributed by atoms with E-state index in [-0.39, 0.29) is 13.2 Å². The van der Waals surface area contributed by atoms with Gasteiger partial charge in [-0.1, -0.05) is 36.4 Å². The number of aryl methyl sites for hydroxylation is 4. The highest BCUT2D eigenvalue weighted by Gasteiger charge is 2.09. The largest absolute Gasteiger partial charge is 0.392 e. The molecule has 0 saturated carbocycles. The van der Waals surface area contributed by atoms with Crippen molar-refractivity contribution in [2.24, 2.45) is 0 Å². The molecule has 32 heavy (non-hydrogen) atoms. The van der Waals surface area contributed by atoms with E-state index < -0.39 is 10.1 Å². The Kier molecular flexibility index (Phi) is 7.23. The third-order valence-electron chi connectivity index (χ3n) is 5.11. The predicted octanol–water partition coefficient (Wildman–Crippen LogP) is 4.67. The van der Waals surface area contributed by atoms with E-state index in [2.05, 4.69) is 9.97 Å². The van der Waals surface area contributed by atoms with E-state index in [4.69, 9.17) is 4.18 Å². The van der Waals surface area contributed by atoms with E-state index in [0.717, 1.165) is 61.7 Å². The van der Waals surface area contributed by atoms with Crippen molar-refractivity contribution in [3.63, 3.8) is 0 Å². The Morgan fingerprint density at radius 1 is 0.812 bits per heavy atom. The van der Waals surface area contributed by atoms with Crippen LogP contribution in [-0.4, -0.2) is 29.7 Å². The molecule has 1 N–H and O–H groups in total. The van der Waals surface area contributed by atoms with Gasteiger partial charge in [-0.3, -0.25) is 14.2 Å². The molecule has 6 nitrogen and oxygen atoms in total. The molecule has 7 heteroatoms. The number of aliphatic hydroxyl groups excluding tert-OH is 1. The van der Waals surface area contributed by atoms with E-state index in [1.54, 1.807) is 0 Å². The summed E-state index contributed by atoms with van der Waals surface area (Å²) in [6.07, 6.45) is 1.05. The monoisotopic (exact) mass is 452 g/mol. The first-order chi connectivity index (χ1) is 15.1. The van der Waals surface area contributed by atoms with Crippen LogP contribution in [0, 0.1) is 27.7 Å². The van der Waals surface area contributed by atoms with Gasteiger partial charge in [-0.15, -0.1) is 0 Å². The van der Waals surface area contributed by atoms with Gasteiger partial charge in [-0.25, -0.2) is 0 Å². The average Bonchev–Trinajstić information content (AvgIpc) is 2.73. The molecule has 0 aliphatic rings. The highest BCUT2D eigenvalue weighted by Crippen LogP contribution is 2.23. The fourth-order valence-electron chi connectivity index (χ4n) is 3.63. The maximum Gasteiger partial charge on any atom is 0.264 e. The molecule has 0 unspecified atom stereocenters. The Bertz CT molecular complexity index is 1380. The first-order valence-corrected chi connectivity index (χ1v) is 12.1. The normalized spacial score (nSPS) is 11.4. The maximum atomic E-state index is 11.1. The van der Waals surface area contributed by atoms with Gasteiger partial charge in [0.1, 0.15) is 0 Å². The van der Waals surface area contributed by atoms with Gasteiger partial charge in [-0.05, 0) is 62.1 Å². The molecule has 4 rings (SSSR count). The van der Waals surface area contributed by atoms with Crippen molar-refractivity contribution in [3.05, 3.63) is 82.2 Å². The molecule has 4 aromatic rings. The lowest BCUT2D eigenvalue weighted by molar-refractivity contribution is 0.283. The van der Waals surface area contributed by atoms with Crippen LogP contribution in [0.4, 0.5) is 0 Å². The smallest absolute Gasteiger partial charge is 0.264 e. The molecular weight excluding hydrogens is 424 g/mol. The highest BCUT2D eigenvalue weighted by molar-refractivity contribution is 7.85. The van der Waals surface area contributed by atoms with Crippen LogP contribution in [0.1, 0.15) is 33.6 Å². The Hall–Kier alpha value is -2.87. The highest BCUT2D eigenvalue weighted by atomic mass is 32.2. The fraction of sp³-hybridized carbons (Fsp3) is 0.280. The van der Waals surface area contributed by atoms with Crippen LogP contribution >= 0.6 is 0 Å². The topological polar surface area (TPSA) is 89.4 Å². The van der Waals surface area contributed by atoms with Gasteiger partial charge < -0.3 is 5.11 Å². The minimum Gasteiger partial charge on any atom is -0.392 e. The summed E-state index contributed by atoms with van der Waals surface area (Å²) < 4.78 is 27.0. The molecule has 0 atom stereocenters. The number of aliphatic hydroxyl groups is 1. The number of pyridine rings is 2. The van der Waals surface area contributed by atoms with E-state index >= 15 is 0 Å². The lowest BCUT2D eigenvalue weighted by Crippen LogP contribution is -2.04. The van der Waals surface area contributed by atoms with Crippen LogP contribution in [-0.2, 0) is 27.5 Å². The van der Waals surface area contributed by atoms with Crippen molar-refractivity contribution < 1.29 is 17.7 Å². The van der Waals surface area contributed by atoms with Crippen LogP contribution in [0.25, 0.3) is 21.8 Å². The second-order valence-electron chi connectivity index (χ2n) is 7.91. The van der Waals surface area contributed by atoms with Crippen LogP contribution < -0.4 is 0 Å². The van der Waals surface area contributed by atoms with Crippen molar-refractivity contribution >= 4 is 31.9 Å². The molecule has 168 valence electrons. The summed E-state index contributed by atoms with van der Waals surface area (Å²) in [5, 5.41) is 11.2. The standard InChI is InChI=1S/C13H15NO3S.C12H13NO/c1-9-5-4-6-12-11(8-17-18(3,15)16)7-10(2)14-13(9)12;1-8-4-3-5-11-10(7-14)6-9(2)13-12(8)11/h4-7H,8H2,1-3H3;3-6,14H,7H2,1-2H3. The number of fused-ring (bicyclic) bond motifs is 2. The van der Waals surface area contributed by atoms with Gasteiger partial charge in [0.15, 0.2) is 0 Å². The van der Waals surface area contributed by atoms with Gasteiger partial charge in [-0.2, -0.15) is 8.42 Å². The lowest BCUT2D eigenvalue weighted by atomic mass is 10.1. The van der Waals surface area contributed by atoms with E-state index in [9.17, 15) is 13.5 Å². The van der Waals surface area contributed by atoms with Crippen molar-refractivity contribution in [3.8, 4) is 0 Å². The molecule has 0 amide bonds. The summed E-state index contributed by atoms with van der Waals surface area (Å²) in [6, 6.07) is 15.7. The summed E-state index contributed by atoms with van der Waals surface area (Å²) in [4.78, 5) is 8.95. The Morgan fingerprint density at radius 2 is 1.28 bits per heavy atom. The first-order valence-electron chi connectivity index (χ1n) is 10.3. The molecule has 2 heterocycles. The maximum absolute atomic E-state index is 11.1. The molecular formula is C25H28N2O4S. The van der Waals surface area contributed by atoms with Gasteiger partial charge in [0.25, 0.3) is 10.1 Å². The van der Waals surface area contributed by atoms with Gasteiger partial charge in [0.05, 0.1) is 30.5 Å². The number of hydrogen-bond acceptors (Lipinski definition) is 6. The Labute approximate surface area is 189 Å². The molecule has 0 bridgehead atoms. The molecule has 0 spiro atoms. The third-order valence-corrected chi connectivity index (χ3v) is 5.65. The van der Waals surface area contributed by atoms with E-state index in [0.29, 0.717) is 0 Å². The summed E-state index contributed by atoms with van der Waals surface area (Å²) in [5.74, 6) is 0. The molecule has 2 aromatic heterocycles. The van der Waals surface area contributed by atoms with Crippen molar-refractivity contribution in [2.75, 3.05) is 6.26 Å². The molecule has 0 saturated heterocycles. The predicted molar refractivity (Wildman–Crippen MR) is 128 cm³/mol. The van der Waals surface area contributed by atoms with Crippen LogP contribution in [0.2, 0.25) is 0 Å². The van der Waals surface area contributed by atoms with Crippen molar-refractivity contribution in [1.29, 1.82) is 0 Å². The number of para-hydroxylation sites is 2. The summed E-state index contributed by atoms with van der Waals surface area (Å²) >= 11 is 0. The summed E-state index contributed by atoms with van der Waals surface area (Å²) in [5.41, 5.74) is 7.71. The zero-order valence-electron chi connectivity index (χ0n) is 19.0. The average molecular weight is 453 g/mol. The quantitative estimate of drug-likeness (QED) is 0.453. The first kappa shape index (κ1) is 23.8. The molecule has 0 aliphatic heterocycles. The summed E-state index contributed by atoms with van der Waals surface area (Å²) in [7, 11) is -3.43. The SMILES string of the molecule is Cc1cc(CO)c2cccc(C)c2n1.Cc1cc(COS(C)(=O)=O)c2cccc(C)c2n1. The second kappa shape index (κ2) is 9.73. The van der Waals surface area contributed by atoms with Gasteiger partial charge in [0.2, 0.25) is 0 Å². The molecule has 2 aromatic carbocycles. The molecule has 0 aliphatic carbocycles. The third kappa shape index (κ3) is 5.68. The van der Waals surface area contributed by atoms with Crippen LogP contribution in [0.5, 0.6) is 0 Å². The van der Waals surface area contributed by atoms with Gasteiger partial charge in [0, 0.05) is 22.2 Å². The second-order valence-corrected chi connectivity index (χ2v) is 9.56. The molecule has 0 radical (unpaired) electrons. The van der Waals surface area contributed by atoms with Crippen molar-refractivity contribution in [1.82, 2.24) is 9.97 Å². The Morgan fingerprint density at radius 3 is 1.75 bits per heavy atom. The summed E-state index contributed by atoms with van der Waals surface area (Å²) in [6.45, 7) is 7.97. The number of hydrogen-bond donors (Lipinski definition) is 1. The van der Waals surface area contributed by atoms with E-state index in [1.165, 1.54) is 0 Å². The minimum absolute atomic E-state index is 0.0438. The van der Waals surface area contributed by atoms with Crippen molar-refractivity contribution in [2.45, 2.75) is 40.9 Å². The number of rotatable bonds is 4.